The zero-order valence-corrected chi connectivity index (χ0v) is 21.9. The second-order valence-corrected chi connectivity index (χ2v) is 7.72. The first-order valence-electron chi connectivity index (χ1n) is 10.7. The van der Waals surface area contributed by atoms with E-state index in [4.69, 9.17) is 4.74 Å². The molecule has 0 aliphatic heterocycles. The molecule has 0 saturated heterocycles. The van der Waals surface area contributed by atoms with Crippen LogP contribution < -0.4 is 15.4 Å². The van der Waals surface area contributed by atoms with E-state index in [0.717, 1.165) is 34.9 Å². The first-order chi connectivity index (χ1) is 15.5. The van der Waals surface area contributed by atoms with E-state index in [-0.39, 0.29) is 24.0 Å². The predicted octanol–water partition coefficient (Wildman–Crippen LogP) is 3.07. The van der Waals surface area contributed by atoms with Crippen LogP contribution in [0.4, 0.5) is 0 Å². The van der Waals surface area contributed by atoms with Gasteiger partial charge in [0, 0.05) is 20.1 Å². The van der Waals surface area contributed by atoms with Gasteiger partial charge < -0.3 is 25.0 Å². The lowest BCUT2D eigenvalue weighted by atomic mass is 10.1. The molecule has 9 heteroatoms. The highest BCUT2D eigenvalue weighted by Gasteiger charge is 2.10. The number of aryl methyl sites for hydroxylation is 2. The van der Waals surface area contributed by atoms with Crippen molar-refractivity contribution in [3.05, 3.63) is 76.9 Å². The van der Waals surface area contributed by atoms with Crippen molar-refractivity contribution < 1.29 is 9.84 Å². The number of aliphatic imine (C=N–C) groups is 1. The van der Waals surface area contributed by atoms with Gasteiger partial charge in [-0.25, -0.2) is 4.99 Å². The van der Waals surface area contributed by atoms with Crippen LogP contribution in [0.1, 0.15) is 34.4 Å². The Balaban J connectivity index is 0.00000385. The van der Waals surface area contributed by atoms with E-state index in [9.17, 15) is 5.11 Å². The highest BCUT2D eigenvalue weighted by molar-refractivity contribution is 14.0. The molecule has 0 radical (unpaired) electrons. The number of hydrogen-bond donors (Lipinski definition) is 3. The van der Waals surface area contributed by atoms with Crippen LogP contribution in [0.15, 0.2) is 53.5 Å². The summed E-state index contributed by atoms with van der Waals surface area (Å²) in [6, 6.07) is 15.9. The summed E-state index contributed by atoms with van der Waals surface area (Å²) < 4.78 is 7.13. The number of aliphatic hydroxyl groups is 1. The van der Waals surface area contributed by atoms with Crippen molar-refractivity contribution in [2.75, 3.05) is 20.2 Å². The molecule has 1 atom stereocenters. The summed E-state index contributed by atoms with van der Waals surface area (Å²) >= 11 is 0. The average molecular weight is 564 g/mol. The second-order valence-electron chi connectivity index (χ2n) is 7.72. The Morgan fingerprint density at radius 1 is 1.12 bits per heavy atom. The third-order valence-electron chi connectivity index (χ3n) is 5.32. The molecule has 2 aromatic carbocycles. The molecule has 8 nitrogen and oxygen atoms in total. The van der Waals surface area contributed by atoms with Crippen molar-refractivity contribution in [2.45, 2.75) is 32.9 Å². The van der Waals surface area contributed by atoms with Crippen LogP contribution in [0.25, 0.3) is 0 Å². The summed E-state index contributed by atoms with van der Waals surface area (Å²) in [6.45, 7) is 5.34. The van der Waals surface area contributed by atoms with Crippen molar-refractivity contribution in [2.24, 2.45) is 12.0 Å². The summed E-state index contributed by atoms with van der Waals surface area (Å²) in [5.41, 5.74) is 3.19. The standard InChI is InChI=1S/C24H32N6O2.HI/c1-17-6-5-7-20(14-17)22(31)15-26-24(27-16-23-29-28-18(2)30(23)3)25-13-12-19-8-10-21(32-4)11-9-19;/h5-11,14,22,31H,12-13,15-16H2,1-4H3,(H2,25,26,27);1H. The molecule has 178 valence electrons. The van der Waals surface area contributed by atoms with E-state index in [1.165, 1.54) is 5.56 Å². The summed E-state index contributed by atoms with van der Waals surface area (Å²) in [5.74, 6) is 3.07. The smallest absolute Gasteiger partial charge is 0.191 e. The molecule has 3 N–H and O–H groups in total. The molecule has 1 aromatic heterocycles. The van der Waals surface area contributed by atoms with E-state index in [0.29, 0.717) is 25.6 Å². The van der Waals surface area contributed by atoms with Gasteiger partial charge in [-0.1, -0.05) is 42.0 Å². The minimum absolute atomic E-state index is 0. The highest BCUT2D eigenvalue weighted by Crippen LogP contribution is 2.13. The number of hydrogen-bond acceptors (Lipinski definition) is 5. The third-order valence-corrected chi connectivity index (χ3v) is 5.32. The maximum Gasteiger partial charge on any atom is 0.191 e. The van der Waals surface area contributed by atoms with E-state index >= 15 is 0 Å². The van der Waals surface area contributed by atoms with Crippen LogP contribution in [0.2, 0.25) is 0 Å². The lowest BCUT2D eigenvalue weighted by Gasteiger charge is -2.16. The Morgan fingerprint density at radius 2 is 1.88 bits per heavy atom. The molecular formula is C24H33IN6O2. The predicted molar refractivity (Wildman–Crippen MR) is 141 cm³/mol. The lowest BCUT2D eigenvalue weighted by Crippen LogP contribution is -2.40. The number of benzene rings is 2. The molecule has 3 rings (SSSR count). The quantitative estimate of drug-likeness (QED) is 0.210. The van der Waals surface area contributed by atoms with Crippen molar-refractivity contribution in [3.63, 3.8) is 0 Å². The fraction of sp³-hybridized carbons (Fsp3) is 0.375. The summed E-state index contributed by atoms with van der Waals surface area (Å²) in [6.07, 6.45) is 0.189. The van der Waals surface area contributed by atoms with Crippen molar-refractivity contribution in [3.8, 4) is 5.75 Å². The molecular weight excluding hydrogens is 531 g/mol. The van der Waals surface area contributed by atoms with Gasteiger partial charge in [0.1, 0.15) is 18.1 Å². The monoisotopic (exact) mass is 564 g/mol. The average Bonchev–Trinajstić information content (AvgIpc) is 3.13. The highest BCUT2D eigenvalue weighted by atomic mass is 127. The molecule has 0 fully saturated rings. The Morgan fingerprint density at radius 3 is 2.52 bits per heavy atom. The number of methoxy groups -OCH3 is 1. The molecule has 33 heavy (non-hydrogen) atoms. The SMILES string of the molecule is COc1ccc(CCNC(=NCc2nnc(C)n2C)NCC(O)c2cccc(C)c2)cc1.I. The molecule has 0 aliphatic rings. The molecule has 3 aromatic rings. The number of guanidine groups is 1. The van der Waals surface area contributed by atoms with Crippen LogP contribution in [-0.2, 0) is 20.0 Å². The third kappa shape index (κ3) is 8.01. The van der Waals surface area contributed by atoms with Gasteiger partial charge in [-0.05, 0) is 43.5 Å². The number of aromatic nitrogens is 3. The number of nitrogens with one attached hydrogen (secondary N) is 2. The lowest BCUT2D eigenvalue weighted by molar-refractivity contribution is 0.180. The number of aliphatic hydroxyl groups excluding tert-OH is 1. The summed E-state index contributed by atoms with van der Waals surface area (Å²) in [5, 5.41) is 25.5. The van der Waals surface area contributed by atoms with Gasteiger partial charge >= 0.3 is 0 Å². The van der Waals surface area contributed by atoms with Gasteiger partial charge in [0.25, 0.3) is 0 Å². The van der Waals surface area contributed by atoms with Gasteiger partial charge in [-0.3, -0.25) is 0 Å². The number of halogens is 1. The molecule has 0 bridgehead atoms. The minimum atomic E-state index is -0.638. The van der Waals surface area contributed by atoms with Crippen LogP contribution in [0.5, 0.6) is 5.75 Å². The Hall–Kier alpha value is -2.66. The zero-order valence-electron chi connectivity index (χ0n) is 19.6. The normalized spacial score (nSPS) is 12.1. The van der Waals surface area contributed by atoms with Crippen molar-refractivity contribution >= 4 is 29.9 Å². The maximum absolute atomic E-state index is 10.6. The number of rotatable bonds is 9. The fourth-order valence-corrected chi connectivity index (χ4v) is 3.22. The number of nitrogens with zero attached hydrogens (tertiary/aromatic N) is 4. The minimum Gasteiger partial charge on any atom is -0.497 e. The van der Waals surface area contributed by atoms with Crippen LogP contribution in [0.3, 0.4) is 0 Å². The van der Waals surface area contributed by atoms with Crippen LogP contribution in [0, 0.1) is 13.8 Å². The van der Waals surface area contributed by atoms with Gasteiger partial charge in [0.2, 0.25) is 0 Å². The Labute approximate surface area is 212 Å². The van der Waals surface area contributed by atoms with Gasteiger partial charge in [0.05, 0.1) is 13.2 Å². The second kappa shape index (κ2) is 13.1. The van der Waals surface area contributed by atoms with E-state index < -0.39 is 6.10 Å². The molecule has 0 amide bonds. The molecule has 1 unspecified atom stereocenters. The van der Waals surface area contributed by atoms with E-state index in [1.54, 1.807) is 7.11 Å². The number of ether oxygens (including phenoxy) is 1. The topological polar surface area (TPSA) is 96.6 Å². The van der Waals surface area contributed by atoms with Crippen molar-refractivity contribution in [1.29, 1.82) is 0 Å². The Kier molecular flexibility index (Phi) is 10.6. The van der Waals surface area contributed by atoms with Gasteiger partial charge in [0.15, 0.2) is 11.8 Å². The van der Waals surface area contributed by atoms with E-state index in [2.05, 4.69) is 38.0 Å². The first-order valence-corrected chi connectivity index (χ1v) is 10.7. The zero-order chi connectivity index (χ0) is 22.9. The first kappa shape index (κ1) is 26.6. The van der Waals surface area contributed by atoms with Gasteiger partial charge in [-0.15, -0.1) is 34.2 Å². The molecule has 0 aliphatic carbocycles. The van der Waals surface area contributed by atoms with Crippen molar-refractivity contribution in [1.82, 2.24) is 25.4 Å². The van der Waals surface area contributed by atoms with Crippen LogP contribution in [-0.4, -0.2) is 46.0 Å². The maximum atomic E-state index is 10.6. The largest absolute Gasteiger partial charge is 0.497 e. The van der Waals surface area contributed by atoms with Crippen LogP contribution >= 0.6 is 24.0 Å². The molecule has 1 heterocycles. The molecule has 0 saturated carbocycles. The summed E-state index contributed by atoms with van der Waals surface area (Å²) in [4.78, 5) is 4.65. The van der Waals surface area contributed by atoms with E-state index in [1.807, 2.05) is 61.9 Å². The molecule has 0 spiro atoms. The fourth-order valence-electron chi connectivity index (χ4n) is 3.22. The summed E-state index contributed by atoms with van der Waals surface area (Å²) in [7, 11) is 3.58. The van der Waals surface area contributed by atoms with Gasteiger partial charge in [-0.2, -0.15) is 0 Å². The Bertz CT molecular complexity index is 1040.